The summed E-state index contributed by atoms with van der Waals surface area (Å²) < 4.78 is 4.96. The maximum absolute atomic E-state index is 5.59. The minimum absolute atomic E-state index is 0.147. The van der Waals surface area contributed by atoms with Gasteiger partial charge in [-0.05, 0) is 26.0 Å². The molecule has 0 fully saturated rings. The van der Waals surface area contributed by atoms with Gasteiger partial charge in [0.25, 0.3) is 0 Å². The standard InChI is InChI=1S/C12H17N5OS/c1-7(6-9-5-4-8(2)19-9)14-11-15-10(13)16-12(17-11)18-3/h4-5,7H,6H2,1-3H3,(H3,13,14,15,16,17). The summed E-state index contributed by atoms with van der Waals surface area (Å²) in [5.41, 5.74) is 5.59. The number of anilines is 2. The van der Waals surface area contributed by atoms with Gasteiger partial charge in [-0.1, -0.05) is 0 Å². The van der Waals surface area contributed by atoms with E-state index >= 15 is 0 Å². The van der Waals surface area contributed by atoms with Gasteiger partial charge in [-0.2, -0.15) is 15.0 Å². The van der Waals surface area contributed by atoms with Gasteiger partial charge in [0.2, 0.25) is 11.9 Å². The van der Waals surface area contributed by atoms with E-state index in [-0.39, 0.29) is 18.0 Å². The Kier molecular flexibility index (Phi) is 4.16. The monoisotopic (exact) mass is 279 g/mol. The maximum atomic E-state index is 5.59. The summed E-state index contributed by atoms with van der Waals surface area (Å²) in [6, 6.07) is 4.68. The van der Waals surface area contributed by atoms with Crippen molar-refractivity contribution >= 4 is 23.2 Å². The first-order valence-electron chi connectivity index (χ1n) is 5.94. The number of rotatable bonds is 5. The van der Waals surface area contributed by atoms with Crippen molar-refractivity contribution in [2.24, 2.45) is 0 Å². The lowest BCUT2D eigenvalue weighted by molar-refractivity contribution is 0.379. The smallest absolute Gasteiger partial charge is 0.322 e. The van der Waals surface area contributed by atoms with Crippen LogP contribution in [-0.2, 0) is 6.42 Å². The summed E-state index contributed by atoms with van der Waals surface area (Å²) in [6.45, 7) is 4.17. The molecular weight excluding hydrogens is 262 g/mol. The third-order valence-electron chi connectivity index (χ3n) is 2.49. The zero-order chi connectivity index (χ0) is 13.8. The Morgan fingerprint density at radius 1 is 1.37 bits per heavy atom. The number of hydrogen-bond donors (Lipinski definition) is 2. The van der Waals surface area contributed by atoms with E-state index < -0.39 is 0 Å². The molecule has 1 unspecified atom stereocenters. The molecule has 2 rings (SSSR count). The molecule has 0 aliphatic carbocycles. The van der Waals surface area contributed by atoms with E-state index in [4.69, 9.17) is 10.5 Å². The first-order chi connectivity index (χ1) is 9.06. The number of nitrogen functional groups attached to an aromatic ring is 1. The van der Waals surface area contributed by atoms with Crippen LogP contribution in [0.1, 0.15) is 16.7 Å². The molecule has 1 atom stereocenters. The number of nitrogens with one attached hydrogen (secondary N) is 1. The van der Waals surface area contributed by atoms with Crippen LogP contribution in [0.15, 0.2) is 12.1 Å². The minimum Gasteiger partial charge on any atom is -0.467 e. The highest BCUT2D eigenvalue weighted by Crippen LogP contribution is 2.18. The number of nitrogens with zero attached hydrogens (tertiary/aromatic N) is 3. The van der Waals surface area contributed by atoms with E-state index in [0.29, 0.717) is 5.95 Å². The van der Waals surface area contributed by atoms with Crippen molar-refractivity contribution in [1.82, 2.24) is 15.0 Å². The molecule has 102 valence electrons. The highest BCUT2D eigenvalue weighted by atomic mass is 32.1. The molecule has 0 bridgehead atoms. The molecule has 2 aromatic heterocycles. The number of hydrogen-bond acceptors (Lipinski definition) is 7. The number of nitrogens with two attached hydrogens (primary N) is 1. The van der Waals surface area contributed by atoms with Gasteiger partial charge < -0.3 is 15.8 Å². The lowest BCUT2D eigenvalue weighted by Gasteiger charge is -2.13. The predicted octanol–water partition coefficient (Wildman–Crippen LogP) is 1.88. The Balaban J connectivity index is 2.02. The molecule has 6 nitrogen and oxygen atoms in total. The second kappa shape index (κ2) is 5.83. The van der Waals surface area contributed by atoms with E-state index in [0.717, 1.165) is 6.42 Å². The van der Waals surface area contributed by atoms with E-state index in [1.54, 1.807) is 11.3 Å². The fourth-order valence-electron chi connectivity index (χ4n) is 1.70. The Morgan fingerprint density at radius 3 is 2.79 bits per heavy atom. The van der Waals surface area contributed by atoms with Crippen molar-refractivity contribution < 1.29 is 4.74 Å². The fourth-order valence-corrected chi connectivity index (χ4v) is 2.72. The minimum atomic E-state index is 0.147. The van der Waals surface area contributed by atoms with Gasteiger partial charge in [-0.15, -0.1) is 11.3 Å². The highest BCUT2D eigenvalue weighted by Gasteiger charge is 2.09. The van der Waals surface area contributed by atoms with Gasteiger partial charge in [0.1, 0.15) is 0 Å². The van der Waals surface area contributed by atoms with E-state index in [1.807, 2.05) is 0 Å². The second-order valence-electron chi connectivity index (χ2n) is 4.27. The Morgan fingerprint density at radius 2 is 2.16 bits per heavy atom. The Labute approximate surface area is 116 Å². The molecule has 0 amide bonds. The van der Waals surface area contributed by atoms with Gasteiger partial charge in [0, 0.05) is 22.2 Å². The van der Waals surface area contributed by atoms with Gasteiger partial charge in [-0.3, -0.25) is 0 Å². The summed E-state index contributed by atoms with van der Waals surface area (Å²) in [4.78, 5) is 14.6. The SMILES string of the molecule is COc1nc(N)nc(NC(C)Cc2ccc(C)s2)n1. The van der Waals surface area contributed by atoms with Crippen molar-refractivity contribution in [3.8, 4) is 6.01 Å². The average molecular weight is 279 g/mol. The van der Waals surface area contributed by atoms with Crippen LogP contribution >= 0.6 is 11.3 Å². The van der Waals surface area contributed by atoms with E-state index in [9.17, 15) is 0 Å². The topological polar surface area (TPSA) is 86.0 Å². The summed E-state index contributed by atoms with van der Waals surface area (Å²) in [6.07, 6.45) is 0.909. The third-order valence-corrected chi connectivity index (χ3v) is 3.52. The predicted molar refractivity (Wildman–Crippen MR) is 76.6 cm³/mol. The van der Waals surface area contributed by atoms with Crippen molar-refractivity contribution in [2.75, 3.05) is 18.2 Å². The molecule has 0 radical (unpaired) electrons. The molecule has 0 spiro atoms. The largest absolute Gasteiger partial charge is 0.467 e. The maximum Gasteiger partial charge on any atom is 0.322 e. The van der Waals surface area contributed by atoms with Crippen LogP contribution in [0.3, 0.4) is 0 Å². The van der Waals surface area contributed by atoms with Crippen LogP contribution in [0.2, 0.25) is 0 Å². The zero-order valence-corrected chi connectivity index (χ0v) is 12.0. The number of ether oxygens (including phenoxy) is 1. The highest BCUT2D eigenvalue weighted by molar-refractivity contribution is 7.11. The van der Waals surface area contributed by atoms with E-state index in [1.165, 1.54) is 16.9 Å². The molecule has 2 aromatic rings. The van der Waals surface area contributed by atoms with Crippen LogP contribution < -0.4 is 15.8 Å². The van der Waals surface area contributed by atoms with Gasteiger partial charge >= 0.3 is 6.01 Å². The Hall–Kier alpha value is -1.89. The lowest BCUT2D eigenvalue weighted by Crippen LogP contribution is -2.20. The first-order valence-corrected chi connectivity index (χ1v) is 6.76. The van der Waals surface area contributed by atoms with E-state index in [2.05, 4.69) is 46.2 Å². The molecule has 0 aliphatic heterocycles. The third kappa shape index (κ3) is 3.78. The normalized spacial score (nSPS) is 12.2. The van der Waals surface area contributed by atoms with Crippen molar-refractivity contribution in [1.29, 1.82) is 0 Å². The first kappa shape index (κ1) is 13.5. The van der Waals surface area contributed by atoms with Crippen LogP contribution in [0.4, 0.5) is 11.9 Å². The van der Waals surface area contributed by atoms with Crippen molar-refractivity contribution in [3.05, 3.63) is 21.9 Å². The summed E-state index contributed by atoms with van der Waals surface area (Å²) >= 11 is 1.79. The average Bonchev–Trinajstić information content (AvgIpc) is 2.73. The molecule has 3 N–H and O–H groups in total. The van der Waals surface area contributed by atoms with Crippen LogP contribution in [-0.4, -0.2) is 28.1 Å². The van der Waals surface area contributed by atoms with Gasteiger partial charge in [0.15, 0.2) is 0 Å². The molecule has 0 aromatic carbocycles. The van der Waals surface area contributed by atoms with Gasteiger partial charge in [-0.25, -0.2) is 0 Å². The molecular formula is C12H17N5OS. The summed E-state index contributed by atoms with van der Waals surface area (Å²) in [7, 11) is 1.50. The number of aromatic nitrogens is 3. The number of thiophene rings is 1. The second-order valence-corrected chi connectivity index (χ2v) is 5.64. The molecule has 7 heteroatoms. The molecule has 0 saturated heterocycles. The molecule has 0 aliphatic rings. The molecule has 2 heterocycles. The molecule has 0 saturated carbocycles. The molecule has 19 heavy (non-hydrogen) atoms. The van der Waals surface area contributed by atoms with Crippen LogP contribution in [0, 0.1) is 6.92 Å². The zero-order valence-electron chi connectivity index (χ0n) is 11.2. The van der Waals surface area contributed by atoms with Gasteiger partial charge in [0.05, 0.1) is 7.11 Å². The quantitative estimate of drug-likeness (QED) is 0.869. The number of methoxy groups -OCH3 is 1. The van der Waals surface area contributed by atoms with Crippen LogP contribution in [0.5, 0.6) is 6.01 Å². The fraction of sp³-hybridized carbons (Fsp3) is 0.417. The van der Waals surface area contributed by atoms with Crippen molar-refractivity contribution in [3.63, 3.8) is 0 Å². The van der Waals surface area contributed by atoms with Crippen molar-refractivity contribution in [2.45, 2.75) is 26.3 Å². The number of aryl methyl sites for hydroxylation is 1. The lowest BCUT2D eigenvalue weighted by atomic mass is 10.2. The summed E-state index contributed by atoms with van der Waals surface area (Å²) in [5, 5.41) is 3.20. The van der Waals surface area contributed by atoms with Crippen LogP contribution in [0.25, 0.3) is 0 Å². The Bertz CT molecular complexity index is 557. The summed E-state index contributed by atoms with van der Waals surface area (Å²) in [5.74, 6) is 0.582.